The number of methoxy groups -OCH3 is 1. The summed E-state index contributed by atoms with van der Waals surface area (Å²) in [4.78, 5) is 19.6. The van der Waals surface area contributed by atoms with Gasteiger partial charge in [0.05, 0.1) is 13.2 Å². The Morgan fingerprint density at radius 1 is 1.38 bits per heavy atom. The second-order valence-corrected chi connectivity index (χ2v) is 5.32. The maximum atomic E-state index is 12.4. The SMILES string of the molecule is COc1ccc(NC(=O)[C@@H](C#N)Cc2c[nH]c3ncccc23)cc1. The van der Waals surface area contributed by atoms with E-state index in [1.165, 1.54) is 0 Å². The van der Waals surface area contributed by atoms with Crippen LogP contribution in [0.4, 0.5) is 5.69 Å². The van der Waals surface area contributed by atoms with Crippen LogP contribution in [0.1, 0.15) is 5.56 Å². The highest BCUT2D eigenvalue weighted by molar-refractivity contribution is 5.94. The maximum Gasteiger partial charge on any atom is 0.242 e. The van der Waals surface area contributed by atoms with E-state index in [1.807, 2.05) is 12.1 Å². The van der Waals surface area contributed by atoms with E-state index in [2.05, 4.69) is 21.4 Å². The van der Waals surface area contributed by atoms with Gasteiger partial charge >= 0.3 is 0 Å². The zero-order valence-corrected chi connectivity index (χ0v) is 13.1. The van der Waals surface area contributed by atoms with Crippen LogP contribution in [0.3, 0.4) is 0 Å². The van der Waals surface area contributed by atoms with Crippen molar-refractivity contribution in [1.82, 2.24) is 9.97 Å². The molecule has 0 aliphatic carbocycles. The van der Waals surface area contributed by atoms with Crippen molar-refractivity contribution in [3.8, 4) is 11.8 Å². The van der Waals surface area contributed by atoms with Crippen LogP contribution in [0.5, 0.6) is 5.75 Å². The number of nitriles is 1. The number of nitrogens with one attached hydrogen (secondary N) is 2. The Bertz CT molecular complexity index is 893. The van der Waals surface area contributed by atoms with E-state index in [4.69, 9.17) is 4.74 Å². The van der Waals surface area contributed by atoms with Gasteiger partial charge in [-0.25, -0.2) is 4.98 Å². The Kier molecular flexibility index (Phi) is 4.43. The Hall–Kier alpha value is -3.33. The lowest BCUT2D eigenvalue weighted by Crippen LogP contribution is -2.23. The van der Waals surface area contributed by atoms with E-state index in [9.17, 15) is 10.1 Å². The van der Waals surface area contributed by atoms with Gasteiger partial charge < -0.3 is 15.0 Å². The Labute approximate surface area is 139 Å². The van der Waals surface area contributed by atoms with Gasteiger partial charge in [-0.2, -0.15) is 5.26 Å². The fraction of sp³-hybridized carbons (Fsp3) is 0.167. The van der Waals surface area contributed by atoms with Crippen LogP contribution in [-0.2, 0) is 11.2 Å². The molecule has 24 heavy (non-hydrogen) atoms. The number of amides is 1. The third kappa shape index (κ3) is 3.20. The molecule has 2 heterocycles. The van der Waals surface area contributed by atoms with E-state index in [-0.39, 0.29) is 5.91 Å². The van der Waals surface area contributed by atoms with Crippen molar-refractivity contribution in [2.24, 2.45) is 5.92 Å². The van der Waals surface area contributed by atoms with E-state index >= 15 is 0 Å². The van der Waals surface area contributed by atoms with Crippen LogP contribution in [-0.4, -0.2) is 23.0 Å². The number of rotatable bonds is 5. The molecule has 3 rings (SSSR count). The molecule has 0 aliphatic heterocycles. The predicted molar refractivity (Wildman–Crippen MR) is 90.5 cm³/mol. The van der Waals surface area contributed by atoms with Crippen LogP contribution in [0, 0.1) is 17.2 Å². The lowest BCUT2D eigenvalue weighted by Gasteiger charge is -2.10. The standard InChI is InChI=1S/C18H16N4O2/c1-24-15-6-4-14(5-7-15)22-18(23)12(10-19)9-13-11-21-17-16(13)3-2-8-20-17/h2-8,11-12H,9H2,1H3,(H,20,21)(H,22,23)/t12-/m1/s1. The van der Waals surface area contributed by atoms with Gasteiger partial charge in [-0.1, -0.05) is 0 Å². The molecule has 6 heteroatoms. The average molecular weight is 320 g/mol. The zero-order chi connectivity index (χ0) is 16.9. The number of benzene rings is 1. The van der Waals surface area contributed by atoms with Crippen molar-refractivity contribution in [1.29, 1.82) is 5.26 Å². The van der Waals surface area contributed by atoms with Crippen LogP contribution >= 0.6 is 0 Å². The minimum Gasteiger partial charge on any atom is -0.497 e. The van der Waals surface area contributed by atoms with Crippen molar-refractivity contribution in [3.63, 3.8) is 0 Å². The van der Waals surface area contributed by atoms with Crippen LogP contribution in [0.15, 0.2) is 48.8 Å². The monoisotopic (exact) mass is 320 g/mol. The predicted octanol–water partition coefficient (Wildman–Crippen LogP) is 2.89. The molecular weight excluding hydrogens is 304 g/mol. The van der Waals surface area contributed by atoms with Crippen LogP contribution in [0.25, 0.3) is 11.0 Å². The molecule has 0 bridgehead atoms. The summed E-state index contributed by atoms with van der Waals surface area (Å²) in [6, 6.07) is 12.8. The number of hydrogen-bond acceptors (Lipinski definition) is 4. The molecule has 0 aliphatic rings. The molecule has 1 amide bonds. The fourth-order valence-corrected chi connectivity index (χ4v) is 2.50. The van der Waals surface area contributed by atoms with Gasteiger partial charge in [0.25, 0.3) is 0 Å². The molecule has 2 N–H and O–H groups in total. The van der Waals surface area contributed by atoms with Gasteiger partial charge in [-0.15, -0.1) is 0 Å². The minimum absolute atomic E-state index is 0.324. The highest BCUT2D eigenvalue weighted by Crippen LogP contribution is 2.21. The number of nitrogens with zero attached hydrogens (tertiary/aromatic N) is 2. The summed E-state index contributed by atoms with van der Waals surface area (Å²) in [7, 11) is 1.58. The Morgan fingerprint density at radius 2 is 2.17 bits per heavy atom. The number of fused-ring (bicyclic) bond motifs is 1. The van der Waals surface area contributed by atoms with Crippen LogP contribution < -0.4 is 10.1 Å². The number of H-pyrrole nitrogens is 1. The lowest BCUT2D eigenvalue weighted by atomic mass is 10.00. The Morgan fingerprint density at radius 3 is 2.88 bits per heavy atom. The van der Waals surface area contributed by atoms with Crippen molar-refractivity contribution in [2.45, 2.75) is 6.42 Å². The Balaban J connectivity index is 1.73. The van der Waals surface area contributed by atoms with Crippen LogP contribution in [0.2, 0.25) is 0 Å². The summed E-state index contributed by atoms with van der Waals surface area (Å²) in [5.74, 6) is -0.414. The summed E-state index contributed by atoms with van der Waals surface area (Å²) >= 11 is 0. The quantitative estimate of drug-likeness (QED) is 0.756. The highest BCUT2D eigenvalue weighted by atomic mass is 16.5. The zero-order valence-electron chi connectivity index (χ0n) is 13.1. The number of aromatic nitrogens is 2. The van der Waals surface area contributed by atoms with Gasteiger partial charge in [0.2, 0.25) is 5.91 Å². The third-order valence-electron chi connectivity index (χ3n) is 3.79. The molecule has 0 spiro atoms. The number of anilines is 1. The highest BCUT2D eigenvalue weighted by Gasteiger charge is 2.20. The summed E-state index contributed by atoms with van der Waals surface area (Å²) in [6.45, 7) is 0. The third-order valence-corrected chi connectivity index (χ3v) is 3.79. The number of carbonyl (C=O) groups excluding carboxylic acids is 1. The van der Waals surface area contributed by atoms with Crippen molar-refractivity contribution >= 4 is 22.6 Å². The second kappa shape index (κ2) is 6.84. The lowest BCUT2D eigenvalue weighted by molar-refractivity contribution is -0.118. The first-order chi connectivity index (χ1) is 11.7. The van der Waals surface area contributed by atoms with E-state index in [1.54, 1.807) is 43.8 Å². The first-order valence-electron chi connectivity index (χ1n) is 7.47. The van der Waals surface area contributed by atoms with E-state index in [0.717, 1.165) is 16.6 Å². The number of ether oxygens (including phenoxy) is 1. The number of aromatic amines is 1. The molecule has 3 aromatic rings. The molecule has 120 valence electrons. The summed E-state index contributed by atoms with van der Waals surface area (Å²) < 4.78 is 5.08. The molecule has 1 atom stereocenters. The van der Waals surface area contributed by atoms with E-state index < -0.39 is 5.92 Å². The molecule has 0 fully saturated rings. The molecule has 1 aromatic carbocycles. The minimum atomic E-state index is -0.786. The summed E-state index contributed by atoms with van der Waals surface area (Å²) in [5, 5.41) is 13.1. The number of hydrogen-bond donors (Lipinski definition) is 2. The molecule has 0 saturated carbocycles. The van der Waals surface area contributed by atoms with Gasteiger partial charge in [-0.3, -0.25) is 4.79 Å². The van der Waals surface area contributed by atoms with E-state index in [0.29, 0.717) is 17.9 Å². The largest absolute Gasteiger partial charge is 0.497 e. The van der Waals surface area contributed by atoms with Gasteiger partial charge in [0.1, 0.15) is 17.3 Å². The first kappa shape index (κ1) is 15.6. The molecule has 0 radical (unpaired) electrons. The second-order valence-electron chi connectivity index (χ2n) is 5.32. The van der Waals surface area contributed by atoms with Gasteiger partial charge in [0, 0.05) is 23.5 Å². The van der Waals surface area contributed by atoms with Crippen molar-refractivity contribution < 1.29 is 9.53 Å². The smallest absolute Gasteiger partial charge is 0.242 e. The molecule has 6 nitrogen and oxygen atoms in total. The topological polar surface area (TPSA) is 90.8 Å². The fourth-order valence-electron chi connectivity index (χ4n) is 2.50. The molecular formula is C18H16N4O2. The summed E-state index contributed by atoms with van der Waals surface area (Å²) in [6.07, 6.45) is 3.81. The first-order valence-corrected chi connectivity index (χ1v) is 7.47. The van der Waals surface area contributed by atoms with Crippen molar-refractivity contribution in [3.05, 3.63) is 54.4 Å². The van der Waals surface area contributed by atoms with Gasteiger partial charge in [-0.05, 0) is 48.4 Å². The van der Waals surface area contributed by atoms with Crippen molar-refractivity contribution in [2.75, 3.05) is 12.4 Å². The number of carbonyl (C=O) groups is 1. The number of pyridine rings is 1. The summed E-state index contributed by atoms with van der Waals surface area (Å²) in [5.41, 5.74) is 2.27. The van der Waals surface area contributed by atoms with Gasteiger partial charge in [0.15, 0.2) is 0 Å². The molecule has 0 saturated heterocycles. The molecule has 2 aromatic heterocycles. The normalized spacial score (nSPS) is 11.7. The average Bonchev–Trinajstić information content (AvgIpc) is 3.03. The maximum absolute atomic E-state index is 12.4. The molecule has 0 unspecified atom stereocenters.